The fourth-order valence-corrected chi connectivity index (χ4v) is 3.39. The molecule has 0 aromatic heterocycles. The lowest BCUT2D eigenvalue weighted by Crippen LogP contribution is -2.17. The van der Waals surface area contributed by atoms with E-state index in [9.17, 15) is 5.11 Å². The van der Waals surface area contributed by atoms with Crippen molar-refractivity contribution in [2.45, 2.75) is 76.7 Å². The van der Waals surface area contributed by atoms with Crippen molar-refractivity contribution in [3.63, 3.8) is 0 Å². The van der Waals surface area contributed by atoms with E-state index in [2.05, 4.69) is 24.3 Å². The van der Waals surface area contributed by atoms with Crippen LogP contribution in [0.5, 0.6) is 0 Å². The fourth-order valence-electron chi connectivity index (χ4n) is 3.39. The fraction of sp³-hybridized carbons (Fsp3) is 0.800. The molecule has 1 saturated carbocycles. The van der Waals surface area contributed by atoms with Gasteiger partial charge in [-0.05, 0) is 69.6 Å². The summed E-state index contributed by atoms with van der Waals surface area (Å²) in [6.45, 7) is 0.590. The molecule has 3 N–H and O–H groups in total. The minimum absolute atomic E-state index is 0.156. The third-order valence-electron chi connectivity index (χ3n) is 4.86. The Morgan fingerprint density at radius 3 is 2.17 bits per heavy atom. The third kappa shape index (κ3) is 9.29. The number of rotatable bonds is 13. The lowest BCUT2D eigenvalue weighted by atomic mass is 9.90. The molecule has 23 heavy (non-hydrogen) atoms. The zero-order valence-corrected chi connectivity index (χ0v) is 14.6. The first-order valence-corrected chi connectivity index (χ1v) is 9.51. The second-order valence-corrected chi connectivity index (χ2v) is 6.75. The van der Waals surface area contributed by atoms with Gasteiger partial charge in [-0.1, -0.05) is 37.1 Å². The molecule has 1 unspecified atom stereocenters. The summed E-state index contributed by atoms with van der Waals surface area (Å²) in [6, 6.07) is 0. The number of unbranched alkanes of at least 4 members (excludes halogenated alkanes) is 6. The Balaban J connectivity index is 2.22. The number of aliphatic hydroxyl groups excluding tert-OH is 3. The van der Waals surface area contributed by atoms with Crippen molar-refractivity contribution in [2.24, 2.45) is 11.8 Å². The van der Waals surface area contributed by atoms with E-state index in [4.69, 9.17) is 10.2 Å². The van der Waals surface area contributed by atoms with Gasteiger partial charge in [0.05, 0.1) is 6.10 Å². The Hall–Kier alpha value is -0.640. The van der Waals surface area contributed by atoms with E-state index < -0.39 is 0 Å². The third-order valence-corrected chi connectivity index (χ3v) is 4.86. The van der Waals surface area contributed by atoms with Crippen LogP contribution in [0.25, 0.3) is 0 Å². The highest BCUT2D eigenvalue weighted by Gasteiger charge is 2.32. The first-order valence-electron chi connectivity index (χ1n) is 9.51. The van der Waals surface area contributed by atoms with Crippen LogP contribution >= 0.6 is 0 Å². The zero-order chi connectivity index (χ0) is 16.8. The molecule has 3 atom stereocenters. The Morgan fingerprint density at radius 2 is 1.39 bits per heavy atom. The van der Waals surface area contributed by atoms with E-state index >= 15 is 0 Å². The molecule has 1 fully saturated rings. The first kappa shape index (κ1) is 20.4. The maximum Gasteiger partial charge on any atom is 0.0577 e. The zero-order valence-electron chi connectivity index (χ0n) is 14.6. The van der Waals surface area contributed by atoms with E-state index in [0.717, 1.165) is 57.8 Å². The smallest absolute Gasteiger partial charge is 0.0577 e. The van der Waals surface area contributed by atoms with Gasteiger partial charge in [0.15, 0.2) is 0 Å². The number of hydrogen-bond acceptors (Lipinski definition) is 3. The van der Waals surface area contributed by atoms with Gasteiger partial charge in [-0.2, -0.15) is 0 Å². The van der Waals surface area contributed by atoms with E-state index in [1.165, 1.54) is 12.8 Å². The van der Waals surface area contributed by atoms with Crippen molar-refractivity contribution in [3.05, 3.63) is 24.3 Å². The van der Waals surface area contributed by atoms with Crippen LogP contribution in [0, 0.1) is 11.8 Å². The molecule has 0 aromatic rings. The molecule has 134 valence electrons. The van der Waals surface area contributed by atoms with E-state index in [-0.39, 0.29) is 12.7 Å². The Morgan fingerprint density at radius 1 is 0.739 bits per heavy atom. The normalized spacial score (nSPS) is 25.1. The van der Waals surface area contributed by atoms with E-state index in [1.54, 1.807) is 0 Å². The Labute approximate surface area is 142 Å². The molecule has 3 nitrogen and oxygen atoms in total. The monoisotopic (exact) mass is 324 g/mol. The molecule has 0 aromatic carbocycles. The Bertz CT molecular complexity index is 325. The lowest BCUT2D eigenvalue weighted by Gasteiger charge is -2.17. The van der Waals surface area contributed by atoms with Crippen LogP contribution in [0.1, 0.15) is 70.6 Å². The minimum Gasteiger partial charge on any atom is -0.396 e. The van der Waals surface area contributed by atoms with Crippen LogP contribution in [0.2, 0.25) is 0 Å². The van der Waals surface area contributed by atoms with Gasteiger partial charge < -0.3 is 15.3 Å². The van der Waals surface area contributed by atoms with Crippen LogP contribution in [0.3, 0.4) is 0 Å². The van der Waals surface area contributed by atoms with Crippen LogP contribution in [0.15, 0.2) is 24.3 Å². The molecule has 0 aliphatic heterocycles. The molecule has 0 heterocycles. The van der Waals surface area contributed by atoms with Gasteiger partial charge in [0.1, 0.15) is 0 Å². The molecule has 1 aliphatic rings. The van der Waals surface area contributed by atoms with Crippen LogP contribution in [-0.4, -0.2) is 34.6 Å². The van der Waals surface area contributed by atoms with Gasteiger partial charge in [-0.25, -0.2) is 0 Å². The summed E-state index contributed by atoms with van der Waals surface area (Å²) in [5.74, 6) is 0.888. The van der Waals surface area contributed by atoms with Crippen LogP contribution < -0.4 is 0 Å². The molecule has 0 spiro atoms. The van der Waals surface area contributed by atoms with Gasteiger partial charge >= 0.3 is 0 Å². The quantitative estimate of drug-likeness (QED) is 0.355. The van der Waals surface area contributed by atoms with Crippen molar-refractivity contribution in [2.75, 3.05) is 13.2 Å². The van der Waals surface area contributed by atoms with Crippen molar-refractivity contribution in [1.29, 1.82) is 0 Å². The highest BCUT2D eigenvalue weighted by atomic mass is 16.3. The summed E-state index contributed by atoms with van der Waals surface area (Å²) in [5.41, 5.74) is 0. The van der Waals surface area contributed by atoms with Crippen LogP contribution in [0.4, 0.5) is 0 Å². The molecule has 1 rings (SSSR count). The number of hydrogen-bond donors (Lipinski definition) is 3. The predicted molar refractivity (Wildman–Crippen MR) is 96.2 cm³/mol. The number of allylic oxidation sites excluding steroid dienone is 4. The molecular formula is C20H36O3. The van der Waals surface area contributed by atoms with Gasteiger partial charge in [-0.15, -0.1) is 0 Å². The molecule has 0 amide bonds. The second-order valence-electron chi connectivity index (χ2n) is 6.75. The van der Waals surface area contributed by atoms with Crippen LogP contribution in [-0.2, 0) is 0 Å². The van der Waals surface area contributed by atoms with Crippen molar-refractivity contribution >= 4 is 0 Å². The molecule has 0 saturated heterocycles. The summed E-state index contributed by atoms with van der Waals surface area (Å²) >= 11 is 0. The average molecular weight is 325 g/mol. The standard InChI is InChI=1S/C20H36O3/c21-16-10-6-2-1-4-8-12-18-14-15-20(23)19(18)13-9-5-3-7-11-17-22/h5,8-9,12,18-23H,1-4,6-7,10-11,13-17H2/b9-5-,12-8?/t18-,19?,20-/m1/s1. The second kappa shape index (κ2) is 13.8. The molecule has 1 aliphatic carbocycles. The maximum atomic E-state index is 10.2. The number of aliphatic hydroxyl groups is 3. The lowest BCUT2D eigenvalue weighted by molar-refractivity contribution is 0.125. The summed E-state index contributed by atoms with van der Waals surface area (Å²) in [7, 11) is 0. The molecular weight excluding hydrogens is 288 g/mol. The molecule has 0 radical (unpaired) electrons. The molecule has 3 heteroatoms. The highest BCUT2D eigenvalue weighted by Crippen LogP contribution is 2.36. The Kier molecular flexibility index (Phi) is 12.2. The van der Waals surface area contributed by atoms with Crippen molar-refractivity contribution < 1.29 is 15.3 Å². The molecule has 0 bridgehead atoms. The first-order chi connectivity index (χ1) is 11.3. The largest absolute Gasteiger partial charge is 0.396 e. The summed E-state index contributed by atoms with van der Waals surface area (Å²) in [6.07, 6.45) is 20.4. The van der Waals surface area contributed by atoms with Gasteiger partial charge in [0, 0.05) is 13.2 Å². The topological polar surface area (TPSA) is 60.7 Å². The van der Waals surface area contributed by atoms with E-state index in [0.29, 0.717) is 18.4 Å². The SMILES string of the molecule is OCCCC/C=C\CC1[C@H](O)CC[C@H]1C=CCCCCCCO. The van der Waals surface area contributed by atoms with E-state index in [1.807, 2.05) is 0 Å². The predicted octanol–water partition coefficient (Wildman–Crippen LogP) is 3.98. The van der Waals surface area contributed by atoms with Gasteiger partial charge in [0.2, 0.25) is 0 Å². The van der Waals surface area contributed by atoms with Crippen molar-refractivity contribution in [3.8, 4) is 0 Å². The minimum atomic E-state index is -0.156. The average Bonchev–Trinajstić information content (AvgIpc) is 2.90. The summed E-state index contributed by atoms with van der Waals surface area (Å²) in [5, 5.41) is 27.7. The summed E-state index contributed by atoms with van der Waals surface area (Å²) < 4.78 is 0. The summed E-state index contributed by atoms with van der Waals surface area (Å²) in [4.78, 5) is 0. The maximum absolute atomic E-state index is 10.2. The van der Waals surface area contributed by atoms with Gasteiger partial charge in [-0.3, -0.25) is 0 Å². The van der Waals surface area contributed by atoms with Gasteiger partial charge in [0.25, 0.3) is 0 Å². The highest BCUT2D eigenvalue weighted by molar-refractivity contribution is 5.00. The van der Waals surface area contributed by atoms with Crippen molar-refractivity contribution in [1.82, 2.24) is 0 Å².